The van der Waals surface area contributed by atoms with E-state index in [-0.39, 0.29) is 46.1 Å². The van der Waals surface area contributed by atoms with Crippen LogP contribution < -0.4 is 11.5 Å². The molecular weight excluding hydrogens is 369 g/mol. The number of carbonyl (C=O) groups excluding carboxylic acids is 2. The van der Waals surface area contributed by atoms with Crippen molar-refractivity contribution in [2.75, 3.05) is 5.73 Å². The van der Waals surface area contributed by atoms with Gasteiger partial charge in [0, 0.05) is 18.2 Å². The Bertz CT molecular complexity index is 840. The average molecular weight is 392 g/mol. The van der Waals surface area contributed by atoms with Gasteiger partial charge in [-0.3, -0.25) is 9.59 Å². The number of ketones is 1. The van der Waals surface area contributed by atoms with E-state index < -0.39 is 11.6 Å². The van der Waals surface area contributed by atoms with Crippen LogP contribution in [0.4, 0.5) is 10.2 Å². The Morgan fingerprint density at radius 1 is 1.26 bits per heavy atom. The average Bonchev–Trinajstić information content (AvgIpc) is 2.60. The molecule has 0 radical (unpaired) electrons. The van der Waals surface area contributed by atoms with E-state index in [4.69, 9.17) is 23.1 Å². The van der Waals surface area contributed by atoms with Crippen LogP contribution in [0.2, 0.25) is 5.02 Å². The van der Waals surface area contributed by atoms with Crippen LogP contribution in [0, 0.1) is 11.7 Å². The number of halogens is 2. The van der Waals surface area contributed by atoms with Crippen LogP contribution in [0.3, 0.4) is 0 Å². The van der Waals surface area contributed by atoms with E-state index in [0.29, 0.717) is 18.4 Å². The molecule has 7 heteroatoms. The Morgan fingerprint density at radius 2 is 1.96 bits per heavy atom. The maximum Gasteiger partial charge on any atom is 0.217 e. The number of nitrogens with zero attached hydrogens (tertiary/aromatic N) is 1. The predicted octanol–water partition coefficient (Wildman–Crippen LogP) is 4.08. The van der Waals surface area contributed by atoms with E-state index in [2.05, 4.69) is 4.98 Å². The molecule has 0 aliphatic carbocycles. The van der Waals surface area contributed by atoms with Gasteiger partial charge in [0.25, 0.3) is 0 Å². The number of benzene rings is 1. The van der Waals surface area contributed by atoms with E-state index in [1.807, 2.05) is 13.8 Å². The number of amides is 1. The molecule has 1 heterocycles. The fourth-order valence-electron chi connectivity index (χ4n) is 3.20. The Morgan fingerprint density at radius 3 is 2.52 bits per heavy atom. The molecule has 0 spiro atoms. The van der Waals surface area contributed by atoms with Crippen molar-refractivity contribution in [3.8, 4) is 0 Å². The standard InChI is InChI=1S/C20H23ClFN3O2/c1-3-12(8-11(2)9-17(24)26)14-5-6-15(21)18(19(14)22)20(27)13-4-7-16(23)25-10-13/h4-7,10-12H,3,8-9H2,1-2H3,(H2,23,25)(H2,24,26)/t11-,12+/m1/s1. The van der Waals surface area contributed by atoms with Gasteiger partial charge in [0.15, 0.2) is 5.78 Å². The fourth-order valence-corrected chi connectivity index (χ4v) is 3.43. The van der Waals surface area contributed by atoms with Crippen LogP contribution in [0.5, 0.6) is 0 Å². The second-order valence-electron chi connectivity index (χ2n) is 6.74. The second-order valence-corrected chi connectivity index (χ2v) is 7.15. The largest absolute Gasteiger partial charge is 0.384 e. The highest BCUT2D eigenvalue weighted by molar-refractivity contribution is 6.35. The van der Waals surface area contributed by atoms with Crippen LogP contribution in [0.15, 0.2) is 30.5 Å². The lowest BCUT2D eigenvalue weighted by atomic mass is 9.84. The number of nitrogens with two attached hydrogens (primary N) is 2. The molecule has 2 aromatic rings. The molecule has 144 valence electrons. The summed E-state index contributed by atoms with van der Waals surface area (Å²) in [7, 11) is 0. The summed E-state index contributed by atoms with van der Waals surface area (Å²) in [5, 5.41) is 0.0399. The van der Waals surface area contributed by atoms with Crippen molar-refractivity contribution in [1.82, 2.24) is 4.98 Å². The van der Waals surface area contributed by atoms with Crippen molar-refractivity contribution in [2.45, 2.75) is 39.0 Å². The molecule has 27 heavy (non-hydrogen) atoms. The number of rotatable bonds is 8. The van der Waals surface area contributed by atoms with Crippen molar-refractivity contribution >= 4 is 29.1 Å². The second kappa shape index (κ2) is 8.95. The van der Waals surface area contributed by atoms with Gasteiger partial charge < -0.3 is 11.5 Å². The third-order valence-corrected chi connectivity index (χ3v) is 4.88. The number of carbonyl (C=O) groups is 2. The number of hydrogen-bond acceptors (Lipinski definition) is 4. The Balaban J connectivity index is 2.39. The lowest BCUT2D eigenvalue weighted by Gasteiger charge is -2.21. The number of nitrogen functional groups attached to an aromatic ring is 1. The van der Waals surface area contributed by atoms with Crippen LogP contribution in [-0.4, -0.2) is 16.7 Å². The zero-order valence-corrected chi connectivity index (χ0v) is 16.1. The highest BCUT2D eigenvalue weighted by atomic mass is 35.5. The molecule has 0 bridgehead atoms. The molecular formula is C20H23ClFN3O2. The van der Waals surface area contributed by atoms with E-state index >= 15 is 4.39 Å². The monoisotopic (exact) mass is 391 g/mol. The molecule has 1 amide bonds. The van der Waals surface area contributed by atoms with E-state index in [9.17, 15) is 9.59 Å². The molecule has 0 aliphatic heterocycles. The Labute approximate surface area is 162 Å². The predicted molar refractivity (Wildman–Crippen MR) is 104 cm³/mol. The van der Waals surface area contributed by atoms with Gasteiger partial charge in [-0.1, -0.05) is 31.5 Å². The normalized spacial score (nSPS) is 13.2. The Kier molecular flexibility index (Phi) is 6.91. The van der Waals surface area contributed by atoms with Gasteiger partial charge in [0.1, 0.15) is 11.6 Å². The van der Waals surface area contributed by atoms with Gasteiger partial charge in [-0.25, -0.2) is 9.37 Å². The molecule has 1 aromatic heterocycles. The van der Waals surface area contributed by atoms with Crippen LogP contribution in [-0.2, 0) is 4.79 Å². The molecule has 0 saturated carbocycles. The summed E-state index contributed by atoms with van der Waals surface area (Å²) in [6, 6.07) is 6.09. The van der Waals surface area contributed by atoms with Crippen LogP contribution >= 0.6 is 11.6 Å². The number of anilines is 1. The fraction of sp³-hybridized carbons (Fsp3) is 0.350. The van der Waals surface area contributed by atoms with Gasteiger partial charge in [-0.15, -0.1) is 0 Å². The molecule has 0 unspecified atom stereocenters. The quantitative estimate of drug-likeness (QED) is 0.662. The number of hydrogen-bond donors (Lipinski definition) is 2. The number of aromatic nitrogens is 1. The first-order valence-corrected chi connectivity index (χ1v) is 9.14. The van der Waals surface area contributed by atoms with Crippen molar-refractivity contribution in [1.29, 1.82) is 0 Å². The highest BCUT2D eigenvalue weighted by Crippen LogP contribution is 2.34. The molecule has 4 N–H and O–H groups in total. The summed E-state index contributed by atoms with van der Waals surface area (Å²) >= 11 is 6.13. The van der Waals surface area contributed by atoms with E-state index in [0.717, 1.165) is 0 Å². The molecule has 0 saturated heterocycles. The lowest BCUT2D eigenvalue weighted by Crippen LogP contribution is -2.17. The first-order valence-electron chi connectivity index (χ1n) is 8.77. The molecule has 0 fully saturated rings. The van der Waals surface area contributed by atoms with Gasteiger partial charge in [0.2, 0.25) is 5.91 Å². The summed E-state index contributed by atoms with van der Waals surface area (Å²) in [6.07, 6.45) is 2.76. The smallest absolute Gasteiger partial charge is 0.217 e. The summed E-state index contributed by atoms with van der Waals surface area (Å²) in [6.45, 7) is 3.83. The number of primary amides is 1. The van der Waals surface area contributed by atoms with Crippen molar-refractivity contribution in [3.63, 3.8) is 0 Å². The molecule has 2 atom stereocenters. The molecule has 2 rings (SSSR count). The maximum atomic E-state index is 15.3. The first-order chi connectivity index (χ1) is 12.7. The van der Waals surface area contributed by atoms with E-state index in [1.165, 1.54) is 24.4 Å². The minimum atomic E-state index is -0.637. The highest BCUT2D eigenvalue weighted by Gasteiger charge is 2.25. The summed E-state index contributed by atoms with van der Waals surface area (Å²) < 4.78 is 15.3. The molecule has 1 aromatic carbocycles. The third-order valence-electron chi connectivity index (χ3n) is 4.57. The zero-order chi connectivity index (χ0) is 20.1. The third kappa shape index (κ3) is 5.04. The maximum absolute atomic E-state index is 15.3. The molecule has 0 aliphatic rings. The van der Waals surface area contributed by atoms with E-state index in [1.54, 1.807) is 6.07 Å². The van der Waals surface area contributed by atoms with Crippen molar-refractivity contribution in [2.24, 2.45) is 11.7 Å². The van der Waals surface area contributed by atoms with Crippen molar-refractivity contribution < 1.29 is 14.0 Å². The minimum absolute atomic E-state index is 0.00276. The topological polar surface area (TPSA) is 99.1 Å². The SMILES string of the molecule is CC[C@@H](C[C@@H](C)CC(N)=O)c1ccc(Cl)c(C(=O)c2ccc(N)nc2)c1F. The molecule has 5 nitrogen and oxygen atoms in total. The first kappa shape index (κ1) is 20.8. The summed E-state index contributed by atoms with van der Waals surface area (Å²) in [4.78, 5) is 27.8. The Hall–Kier alpha value is -2.47. The van der Waals surface area contributed by atoms with Crippen LogP contribution in [0.1, 0.15) is 60.5 Å². The van der Waals surface area contributed by atoms with Gasteiger partial charge in [0.05, 0.1) is 10.6 Å². The number of pyridine rings is 1. The summed E-state index contributed by atoms with van der Waals surface area (Å²) in [5.74, 6) is -1.47. The minimum Gasteiger partial charge on any atom is -0.384 e. The van der Waals surface area contributed by atoms with Crippen molar-refractivity contribution in [3.05, 3.63) is 58.0 Å². The lowest BCUT2D eigenvalue weighted by molar-refractivity contribution is -0.118. The van der Waals surface area contributed by atoms with Gasteiger partial charge >= 0.3 is 0 Å². The van der Waals surface area contributed by atoms with Crippen LogP contribution in [0.25, 0.3) is 0 Å². The van der Waals surface area contributed by atoms with Gasteiger partial charge in [-0.2, -0.15) is 0 Å². The zero-order valence-electron chi connectivity index (χ0n) is 15.3. The summed E-state index contributed by atoms with van der Waals surface area (Å²) in [5.41, 5.74) is 11.2. The van der Waals surface area contributed by atoms with Gasteiger partial charge in [-0.05, 0) is 48.4 Å².